The summed E-state index contributed by atoms with van der Waals surface area (Å²) in [5.74, 6) is -0.338. The van der Waals surface area contributed by atoms with Crippen LogP contribution in [-0.4, -0.2) is 27.8 Å². The molecule has 0 amide bonds. The number of hydrogen-bond donors (Lipinski definition) is 3. The normalized spacial score (nSPS) is 11.8. The van der Waals surface area contributed by atoms with E-state index in [0.717, 1.165) is 16.8 Å². The highest BCUT2D eigenvalue weighted by molar-refractivity contribution is 5.71. The predicted octanol–water partition coefficient (Wildman–Crippen LogP) is 2.95. The Morgan fingerprint density at radius 1 is 1.07 bits per heavy atom. The second-order valence-corrected chi connectivity index (χ2v) is 6.40. The zero-order chi connectivity index (χ0) is 19.9. The lowest BCUT2D eigenvalue weighted by atomic mass is 10.1. The number of ether oxygens (including phenoxy) is 1. The smallest absolute Gasteiger partial charge is 0.307 e. The van der Waals surface area contributed by atoms with E-state index in [1.54, 1.807) is 24.3 Å². The molecule has 0 aliphatic carbocycles. The van der Waals surface area contributed by atoms with E-state index >= 15 is 0 Å². The molecule has 0 fully saturated rings. The summed E-state index contributed by atoms with van der Waals surface area (Å²) in [6.07, 6.45) is -0.0853. The molecule has 0 radical (unpaired) electrons. The van der Waals surface area contributed by atoms with Gasteiger partial charge in [0.2, 0.25) is 0 Å². The number of aliphatic carboxylic acids is 1. The Bertz CT molecular complexity index is 959. The lowest BCUT2D eigenvalue weighted by Crippen LogP contribution is -2.16. The van der Waals surface area contributed by atoms with Gasteiger partial charge in [-0.15, -0.1) is 0 Å². The molecule has 2 aromatic carbocycles. The van der Waals surface area contributed by atoms with E-state index in [1.165, 1.54) is 0 Å². The fourth-order valence-corrected chi connectivity index (χ4v) is 2.85. The van der Waals surface area contributed by atoms with Gasteiger partial charge in [-0.3, -0.25) is 9.78 Å². The van der Waals surface area contributed by atoms with Crippen molar-refractivity contribution < 1.29 is 19.7 Å². The maximum absolute atomic E-state index is 11.0. The molecule has 28 heavy (non-hydrogen) atoms. The van der Waals surface area contributed by atoms with Crippen LogP contribution < -0.4 is 10.5 Å². The van der Waals surface area contributed by atoms with Crippen molar-refractivity contribution in [3.63, 3.8) is 0 Å². The van der Waals surface area contributed by atoms with E-state index in [-0.39, 0.29) is 13.0 Å². The van der Waals surface area contributed by atoms with E-state index in [0.29, 0.717) is 23.6 Å². The van der Waals surface area contributed by atoms with Crippen molar-refractivity contribution in [1.29, 1.82) is 0 Å². The number of hydrogen-bond acceptors (Lipinski definition) is 5. The van der Waals surface area contributed by atoms with Crippen molar-refractivity contribution in [2.24, 2.45) is 5.73 Å². The van der Waals surface area contributed by atoms with Gasteiger partial charge in [0.05, 0.1) is 30.5 Å². The van der Waals surface area contributed by atoms with Crippen LogP contribution in [0.3, 0.4) is 0 Å². The average molecular weight is 378 g/mol. The summed E-state index contributed by atoms with van der Waals surface area (Å²) in [5.41, 5.74) is 9.72. The second kappa shape index (κ2) is 9.12. The summed E-state index contributed by atoms with van der Waals surface area (Å²) in [4.78, 5) is 15.5. The van der Waals surface area contributed by atoms with Crippen LogP contribution in [0.15, 0.2) is 66.7 Å². The minimum Gasteiger partial charge on any atom is -0.489 e. The number of carboxylic acids is 1. The molecule has 4 N–H and O–H groups in total. The quantitative estimate of drug-likeness (QED) is 0.556. The predicted molar refractivity (Wildman–Crippen MR) is 106 cm³/mol. The van der Waals surface area contributed by atoms with Gasteiger partial charge < -0.3 is 20.7 Å². The number of benzene rings is 2. The molecule has 0 saturated heterocycles. The summed E-state index contributed by atoms with van der Waals surface area (Å²) in [6.45, 7) is 0.139. The lowest BCUT2D eigenvalue weighted by molar-refractivity contribution is -0.136. The molecule has 0 spiro atoms. The van der Waals surface area contributed by atoms with Gasteiger partial charge in [-0.05, 0) is 29.8 Å². The zero-order valence-corrected chi connectivity index (χ0v) is 15.3. The first-order chi connectivity index (χ1) is 13.6. The third-order valence-electron chi connectivity index (χ3n) is 4.28. The molecule has 144 valence electrons. The van der Waals surface area contributed by atoms with Crippen LogP contribution >= 0.6 is 0 Å². The van der Waals surface area contributed by atoms with Crippen LogP contribution in [0, 0.1) is 0 Å². The van der Waals surface area contributed by atoms with E-state index in [4.69, 9.17) is 15.6 Å². The molecular weight excluding hydrogens is 356 g/mol. The summed E-state index contributed by atoms with van der Waals surface area (Å²) in [6, 6.07) is 19.9. The maximum Gasteiger partial charge on any atom is 0.307 e. The molecule has 1 atom stereocenters. The molecule has 0 aliphatic rings. The number of pyridine rings is 1. The molecule has 0 unspecified atom stereocenters. The van der Waals surface area contributed by atoms with Gasteiger partial charge in [-0.25, -0.2) is 0 Å². The minimum absolute atomic E-state index is 0.0853. The van der Waals surface area contributed by atoms with Crippen LogP contribution in [-0.2, 0) is 17.8 Å². The Kier molecular flexibility index (Phi) is 6.37. The Balaban J connectivity index is 1.77. The molecule has 3 rings (SSSR count). The summed E-state index contributed by atoms with van der Waals surface area (Å²) < 4.78 is 5.86. The fraction of sp³-hybridized carbons (Fsp3) is 0.182. The first-order valence-electron chi connectivity index (χ1n) is 8.92. The van der Waals surface area contributed by atoms with Crippen molar-refractivity contribution in [2.75, 3.05) is 6.61 Å². The van der Waals surface area contributed by atoms with Crippen LogP contribution in [0.4, 0.5) is 0 Å². The Hall–Kier alpha value is -3.22. The third kappa shape index (κ3) is 4.94. The van der Waals surface area contributed by atoms with Gasteiger partial charge in [0, 0.05) is 11.1 Å². The minimum atomic E-state index is -0.898. The highest BCUT2D eigenvalue weighted by atomic mass is 16.5. The number of rotatable bonds is 8. The van der Waals surface area contributed by atoms with E-state index in [1.807, 2.05) is 42.5 Å². The number of carboxylic acid groups (broad SMARTS) is 1. The maximum atomic E-state index is 11.0. The van der Waals surface area contributed by atoms with Crippen LogP contribution in [0.1, 0.15) is 22.9 Å². The molecule has 6 heteroatoms. The van der Waals surface area contributed by atoms with Crippen molar-refractivity contribution in [3.8, 4) is 17.0 Å². The molecule has 0 bridgehead atoms. The fourth-order valence-electron chi connectivity index (χ4n) is 2.85. The second-order valence-electron chi connectivity index (χ2n) is 6.40. The van der Waals surface area contributed by atoms with Gasteiger partial charge in [-0.2, -0.15) is 0 Å². The van der Waals surface area contributed by atoms with Crippen molar-refractivity contribution in [2.45, 2.75) is 19.1 Å². The molecule has 0 saturated carbocycles. The van der Waals surface area contributed by atoms with E-state index < -0.39 is 12.0 Å². The van der Waals surface area contributed by atoms with E-state index in [2.05, 4.69) is 4.98 Å². The summed E-state index contributed by atoms with van der Waals surface area (Å²) >= 11 is 0. The first-order valence-corrected chi connectivity index (χ1v) is 8.92. The van der Waals surface area contributed by atoms with Crippen LogP contribution in [0.25, 0.3) is 11.3 Å². The Morgan fingerprint density at radius 3 is 2.64 bits per heavy atom. The van der Waals surface area contributed by atoms with Gasteiger partial charge >= 0.3 is 5.97 Å². The largest absolute Gasteiger partial charge is 0.489 e. The topological polar surface area (TPSA) is 106 Å². The molecule has 0 aliphatic heterocycles. The highest BCUT2D eigenvalue weighted by Crippen LogP contribution is 2.23. The number of aromatic nitrogens is 1. The van der Waals surface area contributed by atoms with Crippen molar-refractivity contribution in [3.05, 3.63) is 83.6 Å². The molecular formula is C22H22N2O4. The number of nitrogens with two attached hydrogens (primary N) is 1. The third-order valence-corrected chi connectivity index (χ3v) is 4.28. The van der Waals surface area contributed by atoms with Crippen LogP contribution in [0.5, 0.6) is 5.75 Å². The number of para-hydroxylation sites is 1. The SMILES string of the molecule is N[C@H](CO)c1cccc(-c2cccc(COc3ccccc3CC(=O)O)c2)n1. The Morgan fingerprint density at radius 2 is 1.86 bits per heavy atom. The molecule has 1 aromatic heterocycles. The first kappa shape index (κ1) is 19.5. The number of nitrogens with zero attached hydrogens (tertiary/aromatic N) is 1. The summed E-state index contributed by atoms with van der Waals surface area (Å²) in [5, 5.41) is 18.3. The van der Waals surface area contributed by atoms with Gasteiger partial charge in [-0.1, -0.05) is 42.5 Å². The van der Waals surface area contributed by atoms with Gasteiger partial charge in [0.1, 0.15) is 12.4 Å². The van der Waals surface area contributed by atoms with Gasteiger partial charge in [0.25, 0.3) is 0 Å². The number of carbonyl (C=O) groups is 1. The van der Waals surface area contributed by atoms with Crippen molar-refractivity contribution >= 4 is 5.97 Å². The average Bonchev–Trinajstić information content (AvgIpc) is 2.72. The summed E-state index contributed by atoms with van der Waals surface area (Å²) in [7, 11) is 0. The number of aliphatic hydroxyl groups excluding tert-OH is 1. The monoisotopic (exact) mass is 378 g/mol. The van der Waals surface area contributed by atoms with Crippen molar-refractivity contribution in [1.82, 2.24) is 4.98 Å². The molecule has 1 heterocycles. The standard InChI is InChI=1S/C22H22N2O4/c23-18(13-25)20-9-4-8-19(24-20)16-7-3-5-15(11-16)14-28-21-10-2-1-6-17(21)12-22(26)27/h1-11,18,25H,12-14,23H2,(H,26,27)/t18-/m1/s1. The molecule has 6 nitrogen and oxygen atoms in total. The Labute approximate surface area is 163 Å². The highest BCUT2D eigenvalue weighted by Gasteiger charge is 2.10. The molecule has 3 aromatic rings. The van der Waals surface area contributed by atoms with Gasteiger partial charge in [0.15, 0.2) is 0 Å². The van der Waals surface area contributed by atoms with E-state index in [9.17, 15) is 9.90 Å². The zero-order valence-electron chi connectivity index (χ0n) is 15.3. The van der Waals surface area contributed by atoms with Crippen LogP contribution in [0.2, 0.25) is 0 Å². The number of aliphatic hydroxyl groups is 1. The lowest BCUT2D eigenvalue weighted by Gasteiger charge is -2.12.